The van der Waals surface area contributed by atoms with Crippen LogP contribution in [0.2, 0.25) is 0 Å². The number of nitrogens with zero attached hydrogens (tertiary/aromatic N) is 5. The molecule has 3 aromatic rings. The molecule has 0 aliphatic rings. The molecule has 0 bridgehead atoms. The van der Waals surface area contributed by atoms with Gasteiger partial charge in [-0.2, -0.15) is 0 Å². The number of amides is 1. The first kappa shape index (κ1) is 20.6. The molecular formula is C21H27N5O3. The highest BCUT2D eigenvalue weighted by Crippen LogP contribution is 2.22. The summed E-state index contributed by atoms with van der Waals surface area (Å²) in [6.07, 6.45) is 1.48. The molecule has 29 heavy (non-hydrogen) atoms. The lowest BCUT2D eigenvalue weighted by atomic mass is 9.87. The predicted molar refractivity (Wildman–Crippen MR) is 112 cm³/mol. The number of likely N-dealkylation sites (N-methyl/N-ethyl adjacent to an activating group) is 1. The van der Waals surface area contributed by atoms with Crippen LogP contribution in [0.25, 0.3) is 11.2 Å². The Hall–Kier alpha value is -3.16. The molecule has 154 valence electrons. The van der Waals surface area contributed by atoms with Crippen LogP contribution in [0.3, 0.4) is 0 Å². The van der Waals surface area contributed by atoms with Gasteiger partial charge in [0.25, 0.3) is 5.56 Å². The number of hydrogen-bond donors (Lipinski definition) is 0. The third-order valence-corrected chi connectivity index (χ3v) is 5.16. The number of carbonyl (C=O) groups is 1. The molecule has 2 heterocycles. The SMILES string of the molecule is CN(Cc1ccc(C(C)(C)C)cc1)C(=O)Cn1c(=O)c2c(ncn2C)n(C)c1=O. The summed E-state index contributed by atoms with van der Waals surface area (Å²) in [7, 11) is 4.89. The van der Waals surface area contributed by atoms with Crippen LogP contribution in [0.5, 0.6) is 0 Å². The van der Waals surface area contributed by atoms with Gasteiger partial charge in [-0.25, -0.2) is 14.3 Å². The second-order valence-electron chi connectivity index (χ2n) is 8.46. The van der Waals surface area contributed by atoms with Gasteiger partial charge >= 0.3 is 5.69 Å². The standard InChI is InChI=1S/C21H27N5O3/c1-21(2,3)15-9-7-14(8-10-15)11-23(4)16(27)12-26-19(28)17-18(22-13-24(17)5)25(6)20(26)29/h7-10,13H,11-12H2,1-6H3. The molecule has 3 rings (SSSR count). The van der Waals surface area contributed by atoms with Crippen molar-refractivity contribution in [3.63, 3.8) is 0 Å². The van der Waals surface area contributed by atoms with Gasteiger partial charge in [0.1, 0.15) is 6.54 Å². The molecule has 0 saturated heterocycles. The van der Waals surface area contributed by atoms with Crippen LogP contribution in [0.1, 0.15) is 31.9 Å². The van der Waals surface area contributed by atoms with Gasteiger partial charge in [0.15, 0.2) is 11.2 Å². The molecule has 0 spiro atoms. The molecule has 8 heteroatoms. The molecule has 0 atom stereocenters. The number of imidazole rings is 1. The van der Waals surface area contributed by atoms with Gasteiger partial charge in [-0.05, 0) is 16.5 Å². The van der Waals surface area contributed by atoms with E-state index in [4.69, 9.17) is 0 Å². The lowest BCUT2D eigenvalue weighted by Crippen LogP contribution is -2.43. The van der Waals surface area contributed by atoms with Gasteiger partial charge in [0.2, 0.25) is 5.91 Å². The van der Waals surface area contributed by atoms with Crippen molar-refractivity contribution < 1.29 is 4.79 Å². The van der Waals surface area contributed by atoms with E-state index in [1.54, 1.807) is 25.7 Å². The first-order chi connectivity index (χ1) is 13.5. The van der Waals surface area contributed by atoms with Gasteiger partial charge in [-0.3, -0.25) is 14.2 Å². The van der Waals surface area contributed by atoms with Crippen molar-refractivity contribution in [2.75, 3.05) is 7.05 Å². The number of carbonyl (C=O) groups excluding carboxylic acids is 1. The maximum absolute atomic E-state index is 12.7. The predicted octanol–water partition coefficient (Wildman–Crippen LogP) is 1.39. The van der Waals surface area contributed by atoms with Crippen molar-refractivity contribution in [2.24, 2.45) is 14.1 Å². The van der Waals surface area contributed by atoms with E-state index >= 15 is 0 Å². The third-order valence-electron chi connectivity index (χ3n) is 5.16. The molecule has 0 aliphatic carbocycles. The average molecular weight is 397 g/mol. The molecule has 0 unspecified atom stereocenters. The number of fused-ring (bicyclic) bond motifs is 1. The lowest BCUT2D eigenvalue weighted by Gasteiger charge is -2.21. The fraction of sp³-hybridized carbons (Fsp3) is 0.429. The van der Waals surface area contributed by atoms with Gasteiger partial charge in [-0.1, -0.05) is 45.0 Å². The molecule has 8 nitrogen and oxygen atoms in total. The summed E-state index contributed by atoms with van der Waals surface area (Å²) in [5.74, 6) is -0.314. The second-order valence-corrected chi connectivity index (χ2v) is 8.46. The number of hydrogen-bond acceptors (Lipinski definition) is 4. The smallest absolute Gasteiger partial charge is 0.332 e. The summed E-state index contributed by atoms with van der Waals surface area (Å²) in [6, 6.07) is 8.11. The fourth-order valence-corrected chi connectivity index (χ4v) is 3.26. The van der Waals surface area contributed by atoms with Crippen molar-refractivity contribution in [3.05, 3.63) is 62.6 Å². The third kappa shape index (κ3) is 3.87. The zero-order chi connectivity index (χ0) is 21.5. The quantitative estimate of drug-likeness (QED) is 0.666. The summed E-state index contributed by atoms with van der Waals surface area (Å²) in [5, 5.41) is 0. The van der Waals surface area contributed by atoms with E-state index in [2.05, 4.69) is 37.9 Å². The molecule has 0 N–H and O–H groups in total. The lowest BCUT2D eigenvalue weighted by molar-refractivity contribution is -0.131. The highest BCUT2D eigenvalue weighted by atomic mass is 16.2. The van der Waals surface area contributed by atoms with Gasteiger partial charge < -0.3 is 9.47 Å². The maximum atomic E-state index is 12.7. The summed E-state index contributed by atoms with van der Waals surface area (Å²) in [4.78, 5) is 43.6. The highest BCUT2D eigenvalue weighted by Gasteiger charge is 2.19. The van der Waals surface area contributed by atoms with Crippen molar-refractivity contribution >= 4 is 17.1 Å². The molecule has 1 aromatic carbocycles. The van der Waals surface area contributed by atoms with E-state index in [1.165, 1.54) is 21.4 Å². The van der Waals surface area contributed by atoms with Crippen LogP contribution in [0.4, 0.5) is 0 Å². The summed E-state index contributed by atoms with van der Waals surface area (Å²) >= 11 is 0. The Kier molecular flexibility index (Phi) is 5.21. The second kappa shape index (κ2) is 7.35. The Morgan fingerprint density at radius 1 is 1.10 bits per heavy atom. The van der Waals surface area contributed by atoms with Crippen LogP contribution < -0.4 is 11.2 Å². The average Bonchev–Trinajstić information content (AvgIpc) is 3.04. The summed E-state index contributed by atoms with van der Waals surface area (Å²) in [5.41, 5.74) is 1.79. The first-order valence-corrected chi connectivity index (χ1v) is 9.45. The van der Waals surface area contributed by atoms with E-state index < -0.39 is 11.2 Å². The molecule has 0 fully saturated rings. The van der Waals surface area contributed by atoms with Crippen LogP contribution in [0.15, 0.2) is 40.2 Å². The zero-order valence-corrected chi connectivity index (χ0v) is 17.8. The highest BCUT2D eigenvalue weighted by molar-refractivity contribution is 5.76. The maximum Gasteiger partial charge on any atom is 0.332 e. The number of aromatic nitrogens is 4. The Morgan fingerprint density at radius 3 is 2.31 bits per heavy atom. The Bertz CT molecular complexity index is 1180. The van der Waals surface area contributed by atoms with Crippen molar-refractivity contribution in [3.8, 4) is 0 Å². The largest absolute Gasteiger partial charge is 0.340 e. The molecule has 0 aliphatic heterocycles. The number of rotatable bonds is 4. The van der Waals surface area contributed by atoms with Crippen molar-refractivity contribution in [1.29, 1.82) is 0 Å². The van der Waals surface area contributed by atoms with E-state index in [0.717, 1.165) is 10.1 Å². The topological polar surface area (TPSA) is 82.1 Å². The Balaban J connectivity index is 1.82. The van der Waals surface area contributed by atoms with E-state index in [-0.39, 0.29) is 17.9 Å². The van der Waals surface area contributed by atoms with Crippen molar-refractivity contribution in [1.82, 2.24) is 23.6 Å². The van der Waals surface area contributed by atoms with Gasteiger partial charge in [0.05, 0.1) is 6.33 Å². The van der Waals surface area contributed by atoms with E-state index in [1.807, 2.05) is 12.1 Å². The molecule has 1 amide bonds. The molecular weight excluding hydrogens is 370 g/mol. The zero-order valence-electron chi connectivity index (χ0n) is 17.8. The van der Waals surface area contributed by atoms with Gasteiger partial charge in [-0.15, -0.1) is 0 Å². The minimum atomic E-state index is -0.558. The van der Waals surface area contributed by atoms with E-state index in [9.17, 15) is 14.4 Å². The number of aryl methyl sites for hydroxylation is 2. The fourth-order valence-electron chi connectivity index (χ4n) is 3.26. The molecule has 2 aromatic heterocycles. The minimum absolute atomic E-state index is 0.0614. The van der Waals surface area contributed by atoms with Crippen LogP contribution in [-0.4, -0.2) is 36.5 Å². The normalized spacial score (nSPS) is 11.8. The van der Waals surface area contributed by atoms with E-state index in [0.29, 0.717) is 17.7 Å². The van der Waals surface area contributed by atoms with Gasteiger partial charge in [0, 0.05) is 27.7 Å². The summed E-state index contributed by atoms with van der Waals surface area (Å²) in [6.45, 7) is 6.52. The molecule has 0 radical (unpaired) electrons. The monoisotopic (exact) mass is 397 g/mol. The Morgan fingerprint density at radius 2 is 1.72 bits per heavy atom. The summed E-state index contributed by atoms with van der Waals surface area (Å²) < 4.78 is 3.80. The number of benzene rings is 1. The minimum Gasteiger partial charge on any atom is -0.340 e. The first-order valence-electron chi connectivity index (χ1n) is 9.45. The van der Waals surface area contributed by atoms with Crippen LogP contribution in [-0.2, 0) is 37.4 Å². The van der Waals surface area contributed by atoms with Crippen LogP contribution >= 0.6 is 0 Å². The van der Waals surface area contributed by atoms with Crippen molar-refractivity contribution in [2.45, 2.75) is 39.3 Å². The molecule has 0 saturated carbocycles. The van der Waals surface area contributed by atoms with Crippen LogP contribution in [0, 0.1) is 0 Å². The Labute approximate surface area is 169 Å².